The van der Waals surface area contributed by atoms with Crippen LogP contribution in [0.25, 0.3) is 0 Å². The molecular formula is C16H8ClNO6. The van der Waals surface area contributed by atoms with Crippen LogP contribution >= 0.6 is 11.6 Å². The number of nitro groups is 1. The summed E-state index contributed by atoms with van der Waals surface area (Å²) in [5, 5.41) is 11.0. The van der Waals surface area contributed by atoms with Crippen molar-refractivity contribution in [2.45, 2.75) is 0 Å². The van der Waals surface area contributed by atoms with Crippen LogP contribution in [0.3, 0.4) is 0 Å². The molecule has 0 saturated carbocycles. The Balaban J connectivity index is 2.46. The zero-order valence-electron chi connectivity index (χ0n) is 11.9. The third-order valence-corrected chi connectivity index (χ3v) is 3.52. The lowest BCUT2D eigenvalue weighted by Gasteiger charge is -2.04. The largest absolute Gasteiger partial charge is 0.298 e. The first kappa shape index (κ1) is 17.2. The normalized spacial score (nSPS) is 10.0. The topological polar surface area (TPSA) is 111 Å². The van der Waals surface area contributed by atoms with Gasteiger partial charge in [0, 0.05) is 22.8 Å². The zero-order valence-corrected chi connectivity index (χ0v) is 12.6. The van der Waals surface area contributed by atoms with Crippen molar-refractivity contribution in [3.05, 3.63) is 73.8 Å². The number of ketones is 2. The highest BCUT2D eigenvalue weighted by molar-refractivity contribution is 6.50. The molecule has 7 nitrogen and oxygen atoms in total. The number of hydrogen-bond acceptors (Lipinski definition) is 6. The van der Waals surface area contributed by atoms with Crippen molar-refractivity contribution < 1.29 is 24.1 Å². The fourth-order valence-electron chi connectivity index (χ4n) is 1.98. The molecule has 2 rings (SSSR count). The van der Waals surface area contributed by atoms with E-state index in [9.17, 15) is 29.3 Å². The first-order chi connectivity index (χ1) is 11.4. The Hall–Kier alpha value is -3.19. The Morgan fingerprint density at radius 1 is 1.00 bits per heavy atom. The molecule has 0 atom stereocenters. The minimum atomic E-state index is -1.12. The molecule has 0 unspecified atom stereocenters. The zero-order chi connectivity index (χ0) is 17.9. The van der Waals surface area contributed by atoms with Gasteiger partial charge in [0.05, 0.1) is 9.95 Å². The molecule has 0 aliphatic heterocycles. The number of hydrogen-bond donors (Lipinski definition) is 0. The molecule has 0 aromatic heterocycles. The standard InChI is InChI=1S/C16H8ClNO6/c17-13-6-10(2-3-11(13)8-20)15(21)16(22)12-4-1-9(7-19)5-14(12)18(23)24/h1-8H. The van der Waals surface area contributed by atoms with Gasteiger partial charge in [-0.2, -0.15) is 0 Å². The fourth-order valence-corrected chi connectivity index (χ4v) is 2.21. The second-order valence-electron chi connectivity index (χ2n) is 4.66. The lowest BCUT2D eigenvalue weighted by Crippen LogP contribution is -2.16. The van der Waals surface area contributed by atoms with Crippen molar-refractivity contribution >= 4 is 41.4 Å². The Kier molecular flexibility index (Phi) is 4.96. The molecule has 0 saturated heterocycles. The number of Topliss-reactive ketones (excluding diaryl/α,β-unsaturated/α-hetero) is 2. The second kappa shape index (κ2) is 6.93. The van der Waals surface area contributed by atoms with Crippen molar-refractivity contribution in [2.75, 3.05) is 0 Å². The SMILES string of the molecule is O=Cc1ccc(C(=O)C(=O)c2ccc(C=O)c(Cl)c2)c([N+](=O)[O-])c1. The number of carbonyl (C=O) groups excluding carboxylic acids is 4. The van der Waals surface area contributed by atoms with E-state index in [1.54, 1.807) is 0 Å². The van der Waals surface area contributed by atoms with Crippen LogP contribution in [0.15, 0.2) is 36.4 Å². The summed E-state index contributed by atoms with van der Waals surface area (Å²) in [6, 6.07) is 6.78. The molecule has 0 radical (unpaired) electrons. The van der Waals surface area contributed by atoms with Crippen molar-refractivity contribution in [3.8, 4) is 0 Å². The van der Waals surface area contributed by atoms with Crippen LogP contribution in [-0.4, -0.2) is 29.1 Å². The van der Waals surface area contributed by atoms with Crippen LogP contribution in [0.2, 0.25) is 5.02 Å². The molecule has 8 heteroatoms. The molecule has 0 amide bonds. The number of benzene rings is 2. The summed E-state index contributed by atoms with van der Waals surface area (Å²) in [6.07, 6.45) is 0.877. The number of halogens is 1. The van der Waals surface area contributed by atoms with Crippen molar-refractivity contribution in [1.29, 1.82) is 0 Å². The van der Waals surface area contributed by atoms with Crippen molar-refractivity contribution in [2.24, 2.45) is 0 Å². The number of carbonyl (C=O) groups is 4. The predicted octanol–water partition coefficient (Wildman–Crippen LogP) is 2.94. The molecular weight excluding hydrogens is 338 g/mol. The Bertz CT molecular complexity index is 890. The summed E-state index contributed by atoms with van der Waals surface area (Å²) in [5.41, 5.74) is -1.05. The van der Waals surface area contributed by atoms with E-state index in [2.05, 4.69) is 0 Å². The van der Waals surface area contributed by atoms with E-state index in [-0.39, 0.29) is 21.7 Å². The van der Waals surface area contributed by atoms with Crippen LogP contribution in [-0.2, 0) is 0 Å². The van der Waals surface area contributed by atoms with Gasteiger partial charge in [0.15, 0.2) is 6.29 Å². The minimum absolute atomic E-state index is 0.00378. The molecule has 2 aromatic rings. The molecule has 24 heavy (non-hydrogen) atoms. The number of rotatable bonds is 6. The third kappa shape index (κ3) is 3.26. The molecule has 0 bridgehead atoms. The summed E-state index contributed by atoms with van der Waals surface area (Å²) in [4.78, 5) is 56.1. The molecule has 0 fully saturated rings. The maximum Gasteiger partial charge on any atom is 0.281 e. The van der Waals surface area contributed by atoms with Gasteiger partial charge in [0.2, 0.25) is 11.6 Å². The van der Waals surface area contributed by atoms with Gasteiger partial charge < -0.3 is 0 Å². The van der Waals surface area contributed by atoms with E-state index < -0.39 is 27.7 Å². The van der Waals surface area contributed by atoms with E-state index in [1.165, 1.54) is 18.2 Å². The maximum absolute atomic E-state index is 12.3. The van der Waals surface area contributed by atoms with Gasteiger partial charge in [-0.05, 0) is 18.2 Å². The van der Waals surface area contributed by atoms with E-state index in [1.807, 2.05) is 0 Å². The molecule has 2 aromatic carbocycles. The van der Waals surface area contributed by atoms with E-state index in [0.717, 1.165) is 18.2 Å². The first-order valence-electron chi connectivity index (χ1n) is 6.46. The van der Waals surface area contributed by atoms with Crippen LogP contribution in [0.5, 0.6) is 0 Å². The molecule has 0 spiro atoms. The summed E-state index contributed by atoms with van der Waals surface area (Å²) in [7, 11) is 0. The number of aldehydes is 2. The van der Waals surface area contributed by atoms with Gasteiger partial charge in [0.25, 0.3) is 5.69 Å². The van der Waals surface area contributed by atoms with Crippen LogP contribution in [0.4, 0.5) is 5.69 Å². The fraction of sp³-hybridized carbons (Fsp3) is 0. The third-order valence-electron chi connectivity index (χ3n) is 3.20. The van der Waals surface area contributed by atoms with E-state index >= 15 is 0 Å². The molecule has 120 valence electrons. The average molecular weight is 346 g/mol. The molecule has 0 aliphatic rings. The Labute approximate surface area is 140 Å². The second-order valence-corrected chi connectivity index (χ2v) is 5.07. The molecule has 0 N–H and O–H groups in total. The highest BCUT2D eigenvalue weighted by Crippen LogP contribution is 2.23. The predicted molar refractivity (Wildman–Crippen MR) is 84.0 cm³/mol. The van der Waals surface area contributed by atoms with E-state index in [4.69, 9.17) is 11.6 Å². The van der Waals surface area contributed by atoms with Crippen molar-refractivity contribution in [1.82, 2.24) is 0 Å². The first-order valence-corrected chi connectivity index (χ1v) is 6.84. The van der Waals surface area contributed by atoms with Gasteiger partial charge in [-0.15, -0.1) is 0 Å². The van der Waals surface area contributed by atoms with Gasteiger partial charge in [-0.3, -0.25) is 29.3 Å². The summed E-state index contributed by atoms with van der Waals surface area (Å²) in [6.45, 7) is 0. The quantitative estimate of drug-likeness (QED) is 0.261. The molecule has 0 aliphatic carbocycles. The maximum atomic E-state index is 12.3. The average Bonchev–Trinajstić information content (AvgIpc) is 2.59. The Morgan fingerprint density at radius 3 is 2.25 bits per heavy atom. The van der Waals surface area contributed by atoms with E-state index in [0.29, 0.717) is 12.6 Å². The highest BCUT2D eigenvalue weighted by atomic mass is 35.5. The highest BCUT2D eigenvalue weighted by Gasteiger charge is 2.27. The Morgan fingerprint density at radius 2 is 1.71 bits per heavy atom. The summed E-state index contributed by atoms with van der Waals surface area (Å²) in [5.74, 6) is -2.13. The van der Waals surface area contributed by atoms with Gasteiger partial charge in [-0.1, -0.05) is 23.7 Å². The van der Waals surface area contributed by atoms with Crippen molar-refractivity contribution in [3.63, 3.8) is 0 Å². The smallest absolute Gasteiger partial charge is 0.281 e. The number of nitro benzene ring substituents is 1. The van der Waals surface area contributed by atoms with Crippen LogP contribution in [0.1, 0.15) is 41.4 Å². The summed E-state index contributed by atoms with van der Waals surface area (Å²) < 4.78 is 0. The lowest BCUT2D eigenvalue weighted by molar-refractivity contribution is -0.385. The summed E-state index contributed by atoms with van der Waals surface area (Å²) >= 11 is 5.80. The van der Waals surface area contributed by atoms with Crippen LogP contribution < -0.4 is 0 Å². The van der Waals surface area contributed by atoms with Gasteiger partial charge in [-0.25, -0.2) is 0 Å². The van der Waals surface area contributed by atoms with Gasteiger partial charge >= 0.3 is 0 Å². The number of nitrogens with zero attached hydrogens (tertiary/aromatic N) is 1. The molecule has 0 heterocycles. The lowest BCUT2D eigenvalue weighted by atomic mass is 9.98. The van der Waals surface area contributed by atoms with Crippen LogP contribution in [0, 0.1) is 10.1 Å². The van der Waals surface area contributed by atoms with Gasteiger partial charge in [0.1, 0.15) is 11.8 Å². The monoisotopic (exact) mass is 345 g/mol. The minimum Gasteiger partial charge on any atom is -0.298 e.